The SMILES string of the molecule is Cc1n[nH]c(C)c1NC(=O)C(C)Oc1ccc(Br)cc1. The molecule has 2 aromatic rings. The lowest BCUT2D eigenvalue weighted by atomic mass is 10.3. The van der Waals surface area contributed by atoms with Crippen molar-refractivity contribution in [2.24, 2.45) is 0 Å². The highest BCUT2D eigenvalue weighted by Crippen LogP contribution is 2.19. The first-order valence-electron chi connectivity index (χ1n) is 6.22. The lowest BCUT2D eigenvalue weighted by molar-refractivity contribution is -0.122. The van der Waals surface area contributed by atoms with Gasteiger partial charge in [-0.3, -0.25) is 9.89 Å². The Bertz CT molecular complexity index is 588. The molecule has 0 aliphatic rings. The Morgan fingerprint density at radius 1 is 1.35 bits per heavy atom. The fraction of sp³-hybridized carbons (Fsp3) is 0.286. The van der Waals surface area contributed by atoms with Gasteiger partial charge in [-0.05, 0) is 45.0 Å². The zero-order valence-corrected chi connectivity index (χ0v) is 13.1. The number of nitrogens with one attached hydrogen (secondary N) is 2. The van der Waals surface area contributed by atoms with Gasteiger partial charge in [-0.15, -0.1) is 0 Å². The van der Waals surface area contributed by atoms with Crippen LogP contribution in [0.5, 0.6) is 5.75 Å². The van der Waals surface area contributed by atoms with Crippen molar-refractivity contribution in [2.45, 2.75) is 26.9 Å². The minimum atomic E-state index is -0.593. The molecule has 1 aromatic heterocycles. The number of benzene rings is 1. The summed E-state index contributed by atoms with van der Waals surface area (Å²) in [4.78, 5) is 12.1. The highest BCUT2D eigenvalue weighted by atomic mass is 79.9. The maximum Gasteiger partial charge on any atom is 0.265 e. The summed E-state index contributed by atoms with van der Waals surface area (Å²) in [5.74, 6) is 0.442. The highest BCUT2D eigenvalue weighted by molar-refractivity contribution is 9.10. The van der Waals surface area contributed by atoms with E-state index in [1.54, 1.807) is 6.92 Å². The molecule has 0 aliphatic carbocycles. The van der Waals surface area contributed by atoms with Gasteiger partial charge in [-0.25, -0.2) is 0 Å². The van der Waals surface area contributed by atoms with Gasteiger partial charge in [0.1, 0.15) is 5.75 Å². The van der Waals surface area contributed by atoms with Gasteiger partial charge in [-0.1, -0.05) is 15.9 Å². The molecule has 0 fully saturated rings. The second-order valence-electron chi connectivity index (χ2n) is 4.51. The van der Waals surface area contributed by atoms with Crippen LogP contribution in [0.2, 0.25) is 0 Å². The van der Waals surface area contributed by atoms with Gasteiger partial charge in [0.2, 0.25) is 0 Å². The number of aryl methyl sites for hydroxylation is 2. The molecule has 2 N–H and O–H groups in total. The topological polar surface area (TPSA) is 67.0 Å². The molecule has 0 saturated heterocycles. The van der Waals surface area contributed by atoms with Crippen molar-refractivity contribution in [1.82, 2.24) is 10.2 Å². The Morgan fingerprint density at radius 2 is 2.00 bits per heavy atom. The number of amides is 1. The normalized spacial score (nSPS) is 12.0. The average molecular weight is 338 g/mol. The van der Waals surface area contributed by atoms with Gasteiger partial charge in [0.05, 0.1) is 17.1 Å². The van der Waals surface area contributed by atoms with E-state index in [0.29, 0.717) is 11.4 Å². The summed E-state index contributed by atoms with van der Waals surface area (Å²) >= 11 is 3.35. The van der Waals surface area contributed by atoms with Gasteiger partial charge in [0.15, 0.2) is 6.10 Å². The number of anilines is 1. The number of nitrogens with zero attached hydrogens (tertiary/aromatic N) is 1. The van der Waals surface area contributed by atoms with Gasteiger partial charge in [-0.2, -0.15) is 5.10 Å². The van der Waals surface area contributed by atoms with E-state index >= 15 is 0 Å². The van der Waals surface area contributed by atoms with Crippen LogP contribution in [-0.4, -0.2) is 22.2 Å². The van der Waals surface area contributed by atoms with E-state index in [1.807, 2.05) is 38.1 Å². The number of halogens is 1. The molecule has 0 radical (unpaired) electrons. The molecule has 0 bridgehead atoms. The summed E-state index contributed by atoms with van der Waals surface area (Å²) in [5.41, 5.74) is 2.29. The van der Waals surface area contributed by atoms with E-state index in [9.17, 15) is 4.79 Å². The third-order valence-electron chi connectivity index (χ3n) is 2.87. The lowest BCUT2D eigenvalue weighted by Gasteiger charge is -2.14. The highest BCUT2D eigenvalue weighted by Gasteiger charge is 2.17. The second kappa shape index (κ2) is 6.09. The van der Waals surface area contributed by atoms with Gasteiger partial charge >= 0.3 is 0 Å². The summed E-state index contributed by atoms with van der Waals surface area (Å²) in [7, 11) is 0. The Labute approximate surface area is 125 Å². The predicted octanol–water partition coefficient (Wildman–Crippen LogP) is 3.20. The first kappa shape index (κ1) is 14.6. The van der Waals surface area contributed by atoms with Gasteiger partial charge < -0.3 is 10.1 Å². The molecule has 1 aromatic carbocycles. The molecule has 2 rings (SSSR count). The molecule has 0 aliphatic heterocycles. The molecule has 5 nitrogen and oxygen atoms in total. The summed E-state index contributed by atoms with van der Waals surface area (Å²) in [5, 5.41) is 9.69. The van der Waals surface area contributed by atoms with Crippen molar-refractivity contribution in [2.75, 3.05) is 5.32 Å². The van der Waals surface area contributed by atoms with E-state index in [1.165, 1.54) is 0 Å². The Hall–Kier alpha value is -1.82. The predicted molar refractivity (Wildman–Crippen MR) is 80.9 cm³/mol. The average Bonchev–Trinajstić information content (AvgIpc) is 2.73. The minimum Gasteiger partial charge on any atom is -0.481 e. The lowest BCUT2D eigenvalue weighted by Crippen LogP contribution is -2.30. The maximum absolute atomic E-state index is 12.1. The van der Waals surface area contributed by atoms with Crippen molar-refractivity contribution in [3.63, 3.8) is 0 Å². The first-order valence-corrected chi connectivity index (χ1v) is 7.01. The summed E-state index contributed by atoms with van der Waals surface area (Å²) < 4.78 is 6.56. The van der Waals surface area contributed by atoms with Crippen LogP contribution in [0, 0.1) is 13.8 Å². The molecular formula is C14H16BrN3O2. The number of ether oxygens (including phenoxy) is 1. The first-order chi connectivity index (χ1) is 9.47. The zero-order chi connectivity index (χ0) is 14.7. The molecule has 1 unspecified atom stereocenters. The zero-order valence-electron chi connectivity index (χ0n) is 11.5. The molecule has 6 heteroatoms. The number of carbonyl (C=O) groups excluding carboxylic acids is 1. The number of H-pyrrole nitrogens is 1. The van der Waals surface area contributed by atoms with Crippen molar-refractivity contribution in [1.29, 1.82) is 0 Å². The van der Waals surface area contributed by atoms with Crippen molar-refractivity contribution >= 4 is 27.5 Å². The standard InChI is InChI=1S/C14H16BrN3O2/c1-8-13(9(2)18-17-8)16-14(19)10(3)20-12-6-4-11(15)5-7-12/h4-7,10H,1-3H3,(H,16,19)(H,17,18). The molecule has 0 spiro atoms. The third-order valence-corrected chi connectivity index (χ3v) is 3.40. The van der Waals surface area contributed by atoms with Crippen molar-refractivity contribution in [3.8, 4) is 5.75 Å². The summed E-state index contributed by atoms with van der Waals surface area (Å²) in [6.45, 7) is 5.40. The summed E-state index contributed by atoms with van der Waals surface area (Å²) in [6.07, 6.45) is -0.593. The van der Waals surface area contributed by atoms with E-state index in [2.05, 4.69) is 31.4 Å². The van der Waals surface area contributed by atoms with Crippen LogP contribution in [0.25, 0.3) is 0 Å². The van der Waals surface area contributed by atoms with Crippen molar-refractivity contribution in [3.05, 3.63) is 40.1 Å². The van der Waals surface area contributed by atoms with Crippen LogP contribution >= 0.6 is 15.9 Å². The fourth-order valence-corrected chi connectivity index (χ4v) is 2.00. The maximum atomic E-state index is 12.1. The van der Waals surface area contributed by atoms with E-state index in [0.717, 1.165) is 15.9 Å². The molecular weight excluding hydrogens is 322 g/mol. The van der Waals surface area contributed by atoms with E-state index in [4.69, 9.17) is 4.74 Å². The quantitative estimate of drug-likeness (QED) is 0.900. The largest absolute Gasteiger partial charge is 0.481 e. The molecule has 1 heterocycles. The fourth-order valence-electron chi connectivity index (χ4n) is 1.73. The van der Waals surface area contributed by atoms with Crippen LogP contribution in [0.4, 0.5) is 5.69 Å². The Kier molecular flexibility index (Phi) is 4.44. The van der Waals surface area contributed by atoms with E-state index in [-0.39, 0.29) is 5.91 Å². The Morgan fingerprint density at radius 3 is 2.55 bits per heavy atom. The number of rotatable bonds is 4. The van der Waals surface area contributed by atoms with Crippen LogP contribution in [0.15, 0.2) is 28.7 Å². The van der Waals surface area contributed by atoms with E-state index < -0.39 is 6.10 Å². The Balaban J connectivity index is 2.00. The van der Waals surface area contributed by atoms with Gasteiger partial charge in [0, 0.05) is 4.47 Å². The number of carbonyl (C=O) groups is 1. The van der Waals surface area contributed by atoms with Crippen LogP contribution in [0.1, 0.15) is 18.3 Å². The second-order valence-corrected chi connectivity index (χ2v) is 5.43. The minimum absolute atomic E-state index is 0.208. The number of hydrogen-bond acceptors (Lipinski definition) is 3. The van der Waals surface area contributed by atoms with Crippen LogP contribution in [-0.2, 0) is 4.79 Å². The number of aromatic amines is 1. The number of aromatic nitrogens is 2. The third kappa shape index (κ3) is 3.39. The number of hydrogen-bond donors (Lipinski definition) is 2. The molecule has 0 saturated carbocycles. The molecule has 1 amide bonds. The summed E-state index contributed by atoms with van der Waals surface area (Å²) in [6, 6.07) is 7.35. The van der Waals surface area contributed by atoms with Crippen LogP contribution < -0.4 is 10.1 Å². The smallest absolute Gasteiger partial charge is 0.265 e. The van der Waals surface area contributed by atoms with Crippen molar-refractivity contribution < 1.29 is 9.53 Å². The molecule has 1 atom stereocenters. The van der Waals surface area contributed by atoms with Crippen LogP contribution in [0.3, 0.4) is 0 Å². The molecule has 20 heavy (non-hydrogen) atoms. The monoisotopic (exact) mass is 337 g/mol. The molecule has 106 valence electrons. The van der Waals surface area contributed by atoms with Gasteiger partial charge in [0.25, 0.3) is 5.91 Å².